The Morgan fingerprint density at radius 2 is 2.18 bits per heavy atom. The Labute approximate surface area is 137 Å². The third-order valence-electron chi connectivity index (χ3n) is 3.91. The molecular formula is C16H26N4OS. The Kier molecular flexibility index (Phi) is 7.12. The van der Waals surface area contributed by atoms with Crippen LogP contribution in [0.3, 0.4) is 0 Å². The number of likely N-dealkylation sites (tertiary alicyclic amines) is 1. The van der Waals surface area contributed by atoms with Crippen LogP contribution in [-0.2, 0) is 0 Å². The summed E-state index contributed by atoms with van der Waals surface area (Å²) in [5.74, 6) is 1.67. The van der Waals surface area contributed by atoms with Crippen molar-refractivity contribution in [2.24, 2.45) is 5.92 Å². The maximum absolute atomic E-state index is 11.9. The van der Waals surface area contributed by atoms with Gasteiger partial charge in [-0.15, -0.1) is 0 Å². The topological polar surface area (TPSA) is 58.1 Å². The van der Waals surface area contributed by atoms with E-state index in [1.54, 1.807) is 12.4 Å². The molecule has 0 unspecified atom stereocenters. The van der Waals surface area contributed by atoms with Crippen molar-refractivity contribution < 1.29 is 4.79 Å². The van der Waals surface area contributed by atoms with Gasteiger partial charge in [0.15, 0.2) is 0 Å². The van der Waals surface area contributed by atoms with Crippen LogP contribution in [0.2, 0.25) is 0 Å². The Balaban J connectivity index is 1.62. The van der Waals surface area contributed by atoms with Crippen LogP contribution in [0.5, 0.6) is 0 Å². The number of amides is 1. The number of aromatic nitrogens is 2. The lowest BCUT2D eigenvalue weighted by Crippen LogP contribution is -2.39. The lowest BCUT2D eigenvalue weighted by Gasteiger charge is -2.32. The maximum Gasteiger partial charge on any atom is 0.271 e. The van der Waals surface area contributed by atoms with Crippen LogP contribution in [0.15, 0.2) is 18.6 Å². The largest absolute Gasteiger partial charge is 0.350 e. The fourth-order valence-electron chi connectivity index (χ4n) is 2.58. The van der Waals surface area contributed by atoms with Crippen LogP contribution in [0, 0.1) is 5.92 Å². The summed E-state index contributed by atoms with van der Waals surface area (Å²) in [6.45, 7) is 8.70. The van der Waals surface area contributed by atoms with Gasteiger partial charge in [0.2, 0.25) is 0 Å². The van der Waals surface area contributed by atoms with E-state index in [-0.39, 0.29) is 5.91 Å². The SMILES string of the molecule is CC(C)SCCN1CCC(CNC(=O)c2cnccn2)CC1. The molecule has 5 nitrogen and oxygen atoms in total. The van der Waals surface area contributed by atoms with E-state index in [2.05, 4.69) is 34.0 Å². The van der Waals surface area contributed by atoms with Crippen molar-refractivity contribution in [2.45, 2.75) is 31.9 Å². The van der Waals surface area contributed by atoms with Gasteiger partial charge in [0, 0.05) is 31.2 Å². The summed E-state index contributed by atoms with van der Waals surface area (Å²) in [7, 11) is 0. The molecule has 0 radical (unpaired) electrons. The maximum atomic E-state index is 11.9. The highest BCUT2D eigenvalue weighted by Gasteiger charge is 2.19. The summed E-state index contributed by atoms with van der Waals surface area (Å²) in [4.78, 5) is 22.4. The van der Waals surface area contributed by atoms with Gasteiger partial charge in [-0.05, 0) is 37.1 Å². The van der Waals surface area contributed by atoms with E-state index >= 15 is 0 Å². The number of hydrogen-bond donors (Lipinski definition) is 1. The van der Waals surface area contributed by atoms with Crippen LogP contribution in [0.1, 0.15) is 37.2 Å². The molecule has 1 amide bonds. The molecule has 122 valence electrons. The van der Waals surface area contributed by atoms with Crippen LogP contribution >= 0.6 is 11.8 Å². The Morgan fingerprint density at radius 1 is 1.41 bits per heavy atom. The summed E-state index contributed by atoms with van der Waals surface area (Å²) in [6.07, 6.45) is 6.94. The fourth-order valence-corrected chi connectivity index (χ4v) is 3.41. The number of rotatable bonds is 7. The molecule has 1 aromatic heterocycles. The molecule has 1 aliphatic heterocycles. The molecule has 0 aromatic carbocycles. The van der Waals surface area contributed by atoms with E-state index < -0.39 is 0 Å². The molecule has 0 atom stereocenters. The summed E-state index contributed by atoms with van der Waals surface area (Å²) in [5.41, 5.74) is 0.394. The lowest BCUT2D eigenvalue weighted by molar-refractivity contribution is 0.0931. The first-order chi connectivity index (χ1) is 10.6. The molecule has 6 heteroatoms. The van der Waals surface area contributed by atoms with Crippen LogP contribution in [0.4, 0.5) is 0 Å². The normalized spacial score (nSPS) is 16.9. The van der Waals surface area contributed by atoms with Gasteiger partial charge in [-0.25, -0.2) is 4.98 Å². The van der Waals surface area contributed by atoms with Crippen molar-refractivity contribution >= 4 is 17.7 Å². The Hall–Kier alpha value is -1.14. The molecule has 1 aromatic rings. The van der Waals surface area contributed by atoms with E-state index in [0.717, 1.165) is 32.5 Å². The zero-order valence-corrected chi connectivity index (χ0v) is 14.3. The van der Waals surface area contributed by atoms with Crippen LogP contribution in [0.25, 0.3) is 0 Å². The standard InChI is InChI=1S/C16H26N4OS/c1-13(2)22-10-9-20-7-3-14(4-8-20)11-19-16(21)15-12-17-5-6-18-15/h5-6,12-14H,3-4,7-11H2,1-2H3,(H,19,21). The van der Waals surface area contributed by atoms with Crippen LogP contribution in [-0.4, -0.2) is 58.0 Å². The number of piperidine rings is 1. The summed E-state index contributed by atoms with van der Waals surface area (Å²) in [6, 6.07) is 0. The van der Waals surface area contributed by atoms with E-state index in [0.29, 0.717) is 16.9 Å². The zero-order valence-electron chi connectivity index (χ0n) is 13.5. The minimum Gasteiger partial charge on any atom is -0.350 e. The van der Waals surface area contributed by atoms with Gasteiger partial charge < -0.3 is 10.2 Å². The number of carbonyl (C=O) groups excluding carboxylic acids is 1. The van der Waals surface area contributed by atoms with Crippen LogP contribution < -0.4 is 5.32 Å². The van der Waals surface area contributed by atoms with Crippen molar-refractivity contribution in [1.29, 1.82) is 0 Å². The van der Waals surface area contributed by atoms with Gasteiger partial charge in [0.1, 0.15) is 5.69 Å². The molecular weight excluding hydrogens is 296 g/mol. The van der Waals surface area contributed by atoms with Crippen molar-refractivity contribution in [3.63, 3.8) is 0 Å². The molecule has 22 heavy (non-hydrogen) atoms. The fraction of sp³-hybridized carbons (Fsp3) is 0.688. The molecule has 1 saturated heterocycles. The molecule has 0 aliphatic carbocycles. The van der Waals surface area contributed by atoms with Gasteiger partial charge in [0.25, 0.3) is 5.91 Å². The molecule has 2 rings (SSSR count). The van der Waals surface area contributed by atoms with Gasteiger partial charge in [-0.3, -0.25) is 9.78 Å². The Bertz CT molecular complexity index is 447. The second kappa shape index (κ2) is 9.10. The quantitative estimate of drug-likeness (QED) is 0.833. The van der Waals surface area contributed by atoms with Crippen molar-refractivity contribution in [1.82, 2.24) is 20.2 Å². The lowest BCUT2D eigenvalue weighted by atomic mass is 9.97. The molecule has 0 spiro atoms. The summed E-state index contributed by atoms with van der Waals surface area (Å²) < 4.78 is 0. The second-order valence-electron chi connectivity index (χ2n) is 6.01. The van der Waals surface area contributed by atoms with E-state index in [1.807, 2.05) is 11.8 Å². The smallest absolute Gasteiger partial charge is 0.271 e. The number of carbonyl (C=O) groups is 1. The first kappa shape index (κ1) is 17.2. The highest BCUT2D eigenvalue weighted by Crippen LogP contribution is 2.17. The zero-order chi connectivity index (χ0) is 15.8. The average molecular weight is 322 g/mol. The summed E-state index contributed by atoms with van der Waals surface area (Å²) in [5, 5.41) is 3.69. The molecule has 1 fully saturated rings. The molecule has 1 aliphatic rings. The first-order valence-electron chi connectivity index (χ1n) is 8.03. The van der Waals surface area contributed by atoms with Crippen molar-refractivity contribution in [2.75, 3.05) is 31.9 Å². The minimum absolute atomic E-state index is 0.121. The molecule has 0 bridgehead atoms. The number of hydrogen-bond acceptors (Lipinski definition) is 5. The van der Waals surface area contributed by atoms with Gasteiger partial charge in [0.05, 0.1) is 6.20 Å². The second-order valence-corrected chi connectivity index (χ2v) is 7.69. The van der Waals surface area contributed by atoms with Crippen molar-refractivity contribution in [3.8, 4) is 0 Å². The monoisotopic (exact) mass is 322 g/mol. The highest BCUT2D eigenvalue weighted by atomic mass is 32.2. The third-order valence-corrected chi connectivity index (χ3v) is 5.00. The van der Waals surface area contributed by atoms with E-state index in [4.69, 9.17) is 0 Å². The Morgan fingerprint density at radius 3 is 2.82 bits per heavy atom. The third kappa shape index (κ3) is 5.93. The van der Waals surface area contributed by atoms with Gasteiger partial charge in [-0.1, -0.05) is 13.8 Å². The number of nitrogens with zero attached hydrogens (tertiary/aromatic N) is 3. The predicted octanol–water partition coefficient (Wildman–Crippen LogP) is 2.06. The minimum atomic E-state index is -0.121. The molecule has 2 heterocycles. The summed E-state index contributed by atoms with van der Waals surface area (Å²) >= 11 is 2.03. The average Bonchev–Trinajstić information content (AvgIpc) is 2.54. The highest BCUT2D eigenvalue weighted by molar-refractivity contribution is 7.99. The predicted molar refractivity (Wildman–Crippen MR) is 91.1 cm³/mol. The van der Waals surface area contributed by atoms with Gasteiger partial charge >= 0.3 is 0 Å². The molecule has 1 N–H and O–H groups in total. The number of nitrogens with one attached hydrogen (secondary N) is 1. The number of thioether (sulfide) groups is 1. The van der Waals surface area contributed by atoms with E-state index in [1.165, 1.54) is 18.5 Å². The van der Waals surface area contributed by atoms with Crippen molar-refractivity contribution in [3.05, 3.63) is 24.3 Å². The van der Waals surface area contributed by atoms with Gasteiger partial charge in [-0.2, -0.15) is 11.8 Å². The van der Waals surface area contributed by atoms with E-state index in [9.17, 15) is 4.79 Å². The first-order valence-corrected chi connectivity index (χ1v) is 9.08. The molecule has 0 saturated carbocycles.